The van der Waals surface area contributed by atoms with Crippen molar-refractivity contribution in [1.29, 1.82) is 0 Å². The Kier molecular flexibility index (Phi) is 3.06. The molecule has 0 aliphatic heterocycles. The second-order valence-corrected chi connectivity index (χ2v) is 2.98. The minimum Gasteiger partial charge on any atom is -0.392 e. The summed E-state index contributed by atoms with van der Waals surface area (Å²) in [7, 11) is 0. The minimum absolute atomic E-state index is 0.117. The van der Waals surface area contributed by atoms with Gasteiger partial charge in [-0.1, -0.05) is 29.8 Å². The van der Waals surface area contributed by atoms with E-state index in [9.17, 15) is 0 Å². The smallest absolute Gasteiger partial charge is 0.0682 e. The van der Waals surface area contributed by atoms with Crippen molar-refractivity contribution in [3.63, 3.8) is 0 Å². The van der Waals surface area contributed by atoms with Crippen LogP contribution in [0.5, 0.6) is 0 Å². The lowest BCUT2D eigenvalue weighted by atomic mass is 10.0. The van der Waals surface area contributed by atoms with Crippen LogP contribution in [0.3, 0.4) is 0 Å². The van der Waals surface area contributed by atoms with Crippen LogP contribution in [0.2, 0.25) is 0 Å². The van der Waals surface area contributed by atoms with E-state index < -0.39 is 0 Å². The van der Waals surface area contributed by atoms with E-state index in [1.165, 1.54) is 11.1 Å². The number of aliphatic hydroxyl groups is 1. The maximum atomic E-state index is 8.93. The minimum atomic E-state index is 0.117. The summed E-state index contributed by atoms with van der Waals surface area (Å²) < 4.78 is 0. The number of hydrogen-bond acceptors (Lipinski definition) is 1. The van der Waals surface area contributed by atoms with Gasteiger partial charge in [-0.3, -0.25) is 0 Å². The van der Waals surface area contributed by atoms with E-state index >= 15 is 0 Å². The van der Waals surface area contributed by atoms with Gasteiger partial charge < -0.3 is 5.11 Å². The van der Waals surface area contributed by atoms with E-state index in [2.05, 4.69) is 12.6 Å². The summed E-state index contributed by atoms with van der Waals surface area (Å²) in [6.45, 7) is 5.83. The van der Waals surface area contributed by atoms with E-state index in [-0.39, 0.29) is 6.61 Å². The first kappa shape index (κ1) is 9.01. The largest absolute Gasteiger partial charge is 0.392 e. The van der Waals surface area contributed by atoms with Gasteiger partial charge in [-0.25, -0.2) is 0 Å². The Bertz CT molecular complexity index is 276. The van der Waals surface area contributed by atoms with E-state index in [0.29, 0.717) is 0 Å². The molecule has 0 atom stereocenters. The molecule has 0 spiro atoms. The predicted molar refractivity (Wildman–Crippen MR) is 51.0 cm³/mol. The zero-order valence-electron chi connectivity index (χ0n) is 7.38. The average molecular weight is 162 g/mol. The number of allylic oxidation sites excluding steroid dienone is 1. The van der Waals surface area contributed by atoms with Crippen molar-refractivity contribution in [2.75, 3.05) is 0 Å². The Morgan fingerprint density at radius 1 is 1.33 bits per heavy atom. The first-order valence-corrected chi connectivity index (χ1v) is 4.07. The van der Waals surface area contributed by atoms with Crippen molar-refractivity contribution >= 4 is 0 Å². The maximum Gasteiger partial charge on any atom is 0.0682 e. The summed E-state index contributed by atoms with van der Waals surface area (Å²) >= 11 is 0. The molecule has 64 valence electrons. The summed E-state index contributed by atoms with van der Waals surface area (Å²) in [5.74, 6) is 0. The molecule has 12 heavy (non-hydrogen) atoms. The first-order valence-electron chi connectivity index (χ1n) is 4.07. The van der Waals surface area contributed by atoms with Crippen molar-refractivity contribution in [3.05, 3.63) is 47.5 Å². The van der Waals surface area contributed by atoms with Gasteiger partial charge in [0.15, 0.2) is 0 Å². The van der Waals surface area contributed by atoms with E-state index in [0.717, 1.165) is 12.0 Å². The molecule has 0 aliphatic carbocycles. The Morgan fingerprint density at radius 3 is 2.58 bits per heavy atom. The predicted octanol–water partition coefficient (Wildman–Crippen LogP) is 2.22. The summed E-state index contributed by atoms with van der Waals surface area (Å²) in [6.07, 6.45) is 2.74. The first-order chi connectivity index (χ1) is 5.76. The molecule has 1 nitrogen and oxygen atoms in total. The summed E-state index contributed by atoms with van der Waals surface area (Å²) in [4.78, 5) is 0. The highest BCUT2D eigenvalue weighted by atomic mass is 16.3. The number of hydrogen-bond donors (Lipinski definition) is 1. The molecular formula is C11H14O. The van der Waals surface area contributed by atoms with Gasteiger partial charge in [0.05, 0.1) is 6.61 Å². The maximum absolute atomic E-state index is 8.93. The number of aryl methyl sites for hydroxylation is 1. The molecule has 0 bridgehead atoms. The third kappa shape index (κ3) is 2.21. The molecule has 0 amide bonds. The van der Waals surface area contributed by atoms with E-state index in [1.54, 1.807) is 0 Å². The molecule has 1 heteroatoms. The third-order valence-electron chi connectivity index (χ3n) is 1.76. The van der Waals surface area contributed by atoms with Crippen LogP contribution in [0.15, 0.2) is 30.9 Å². The molecule has 1 aromatic rings. The molecule has 0 unspecified atom stereocenters. The zero-order valence-corrected chi connectivity index (χ0v) is 7.38. The Balaban J connectivity index is 2.97. The van der Waals surface area contributed by atoms with Crippen LogP contribution >= 0.6 is 0 Å². The van der Waals surface area contributed by atoms with Gasteiger partial charge in [0, 0.05) is 0 Å². The van der Waals surface area contributed by atoms with Gasteiger partial charge in [0.1, 0.15) is 0 Å². The van der Waals surface area contributed by atoms with Gasteiger partial charge in [-0.15, -0.1) is 6.58 Å². The molecule has 0 fully saturated rings. The molecule has 0 heterocycles. The van der Waals surface area contributed by atoms with Crippen LogP contribution in [0.1, 0.15) is 16.7 Å². The van der Waals surface area contributed by atoms with Crippen LogP contribution in [0, 0.1) is 6.92 Å². The van der Waals surface area contributed by atoms with Crippen LogP contribution in [-0.4, -0.2) is 5.11 Å². The molecule has 0 radical (unpaired) electrons. The van der Waals surface area contributed by atoms with Gasteiger partial charge >= 0.3 is 0 Å². The molecule has 0 aromatic heterocycles. The zero-order chi connectivity index (χ0) is 8.97. The quantitative estimate of drug-likeness (QED) is 0.676. The van der Waals surface area contributed by atoms with Crippen molar-refractivity contribution in [1.82, 2.24) is 0 Å². The van der Waals surface area contributed by atoms with E-state index in [4.69, 9.17) is 5.11 Å². The van der Waals surface area contributed by atoms with Crippen molar-refractivity contribution < 1.29 is 5.11 Å². The lowest BCUT2D eigenvalue weighted by Crippen LogP contribution is -1.89. The van der Waals surface area contributed by atoms with Gasteiger partial charge in [-0.2, -0.15) is 0 Å². The van der Waals surface area contributed by atoms with Gasteiger partial charge in [0.25, 0.3) is 0 Å². The highest BCUT2D eigenvalue weighted by molar-refractivity contribution is 5.30. The SMILES string of the molecule is C=CCc1cc(C)cc(CO)c1. The van der Waals surface area contributed by atoms with Gasteiger partial charge in [-0.05, 0) is 24.5 Å². The molecular weight excluding hydrogens is 148 g/mol. The second kappa shape index (κ2) is 4.07. The van der Waals surface area contributed by atoms with Crippen molar-refractivity contribution in [3.8, 4) is 0 Å². The third-order valence-corrected chi connectivity index (χ3v) is 1.76. The molecule has 1 N–H and O–H groups in total. The topological polar surface area (TPSA) is 20.2 Å². The Hall–Kier alpha value is -1.08. The second-order valence-electron chi connectivity index (χ2n) is 2.98. The standard InChI is InChI=1S/C11H14O/c1-3-4-10-5-9(2)6-11(7-10)8-12/h3,5-7,12H,1,4,8H2,2H3. The fourth-order valence-corrected chi connectivity index (χ4v) is 1.32. The van der Waals surface area contributed by atoms with Crippen LogP contribution < -0.4 is 0 Å². The monoisotopic (exact) mass is 162 g/mol. The number of benzene rings is 1. The fourth-order valence-electron chi connectivity index (χ4n) is 1.32. The molecule has 1 rings (SSSR count). The lowest BCUT2D eigenvalue weighted by molar-refractivity contribution is 0.281. The highest BCUT2D eigenvalue weighted by Crippen LogP contribution is 2.10. The summed E-state index contributed by atoms with van der Waals surface area (Å²) in [6, 6.07) is 6.11. The Labute approximate surface area is 73.4 Å². The molecule has 1 aromatic carbocycles. The molecule has 0 saturated heterocycles. The fraction of sp³-hybridized carbons (Fsp3) is 0.273. The molecule has 0 aliphatic rings. The summed E-state index contributed by atoms with van der Waals surface area (Å²) in [5.41, 5.74) is 3.39. The average Bonchev–Trinajstić information content (AvgIpc) is 2.04. The van der Waals surface area contributed by atoms with Crippen LogP contribution in [0.4, 0.5) is 0 Å². The lowest BCUT2D eigenvalue weighted by Gasteiger charge is -2.02. The highest BCUT2D eigenvalue weighted by Gasteiger charge is 1.95. The number of rotatable bonds is 3. The van der Waals surface area contributed by atoms with Crippen LogP contribution in [-0.2, 0) is 13.0 Å². The number of aliphatic hydroxyl groups excluding tert-OH is 1. The molecule has 0 saturated carbocycles. The summed E-state index contributed by atoms with van der Waals surface area (Å²) in [5, 5.41) is 8.93. The van der Waals surface area contributed by atoms with Crippen LogP contribution in [0.25, 0.3) is 0 Å². The van der Waals surface area contributed by atoms with E-state index in [1.807, 2.05) is 25.1 Å². The van der Waals surface area contributed by atoms with Crippen molar-refractivity contribution in [2.45, 2.75) is 20.0 Å². The Morgan fingerprint density at radius 2 is 2.00 bits per heavy atom. The van der Waals surface area contributed by atoms with Crippen molar-refractivity contribution in [2.24, 2.45) is 0 Å². The van der Waals surface area contributed by atoms with Gasteiger partial charge in [0.2, 0.25) is 0 Å². The normalized spacial score (nSPS) is 9.83.